The van der Waals surface area contributed by atoms with E-state index in [9.17, 15) is 4.79 Å². The summed E-state index contributed by atoms with van der Waals surface area (Å²) >= 11 is 1.36. The van der Waals surface area contributed by atoms with Gasteiger partial charge in [0.05, 0.1) is 12.9 Å². The average molecular weight is 382 g/mol. The van der Waals surface area contributed by atoms with Crippen molar-refractivity contribution in [3.8, 4) is 17.1 Å². The maximum atomic E-state index is 12.3. The fourth-order valence-corrected chi connectivity index (χ4v) is 3.46. The van der Waals surface area contributed by atoms with Crippen LogP contribution in [0.15, 0.2) is 47.6 Å². The Bertz CT molecular complexity index is 931. The Morgan fingerprint density at radius 3 is 2.41 bits per heavy atom. The summed E-state index contributed by atoms with van der Waals surface area (Å²) in [7, 11) is 3.53. The number of hydrogen-bond acceptors (Lipinski definition) is 5. The van der Waals surface area contributed by atoms with Gasteiger partial charge in [0.15, 0.2) is 11.0 Å². The predicted octanol–water partition coefficient (Wildman–Crippen LogP) is 3.84. The van der Waals surface area contributed by atoms with E-state index < -0.39 is 0 Å². The lowest BCUT2D eigenvalue weighted by Crippen LogP contribution is -2.16. The number of nitrogens with zero attached hydrogens (tertiary/aromatic N) is 3. The Hall–Kier alpha value is -2.80. The van der Waals surface area contributed by atoms with Gasteiger partial charge in [-0.2, -0.15) is 0 Å². The normalized spacial score (nSPS) is 10.7. The number of thioether (sulfide) groups is 1. The lowest BCUT2D eigenvalue weighted by Gasteiger charge is -2.11. The van der Waals surface area contributed by atoms with E-state index >= 15 is 0 Å². The molecular formula is C20H22N4O2S. The molecule has 1 amide bonds. The van der Waals surface area contributed by atoms with Crippen LogP contribution in [-0.2, 0) is 11.8 Å². The van der Waals surface area contributed by atoms with Crippen molar-refractivity contribution < 1.29 is 9.53 Å². The molecule has 140 valence electrons. The standard InChI is InChI=1S/C20H22N4O2S/c1-13-6-5-7-14(2)18(13)21-17(25)12-27-20-23-22-19(24(20)3)15-8-10-16(26-4)11-9-15/h5-11H,12H2,1-4H3,(H,21,25). The van der Waals surface area contributed by atoms with Crippen LogP contribution in [0.1, 0.15) is 11.1 Å². The van der Waals surface area contributed by atoms with Crippen LogP contribution in [0.4, 0.5) is 5.69 Å². The molecule has 3 rings (SSSR count). The second kappa shape index (κ2) is 8.26. The molecule has 7 heteroatoms. The van der Waals surface area contributed by atoms with Crippen LogP contribution in [0.2, 0.25) is 0 Å². The molecule has 0 saturated heterocycles. The molecule has 0 bridgehead atoms. The molecule has 0 aliphatic heterocycles. The molecule has 0 spiro atoms. The third-order valence-electron chi connectivity index (χ3n) is 4.26. The number of carbonyl (C=O) groups excluding carboxylic acids is 1. The van der Waals surface area contributed by atoms with E-state index in [2.05, 4.69) is 15.5 Å². The molecule has 27 heavy (non-hydrogen) atoms. The third kappa shape index (κ3) is 4.31. The zero-order valence-corrected chi connectivity index (χ0v) is 16.6. The molecule has 1 heterocycles. The SMILES string of the molecule is COc1ccc(-c2nnc(SCC(=O)Nc3c(C)cccc3C)n2C)cc1. The molecule has 0 atom stereocenters. The second-order valence-electron chi connectivity index (χ2n) is 6.20. The van der Waals surface area contributed by atoms with Gasteiger partial charge < -0.3 is 14.6 Å². The number of nitrogens with one attached hydrogen (secondary N) is 1. The van der Waals surface area contributed by atoms with Crippen molar-refractivity contribution >= 4 is 23.4 Å². The van der Waals surface area contributed by atoms with Gasteiger partial charge in [0, 0.05) is 18.3 Å². The summed E-state index contributed by atoms with van der Waals surface area (Å²) in [6, 6.07) is 13.6. The number of benzene rings is 2. The lowest BCUT2D eigenvalue weighted by atomic mass is 10.1. The van der Waals surface area contributed by atoms with Gasteiger partial charge in [-0.3, -0.25) is 4.79 Å². The van der Waals surface area contributed by atoms with E-state index in [1.165, 1.54) is 11.8 Å². The molecule has 0 fully saturated rings. The van der Waals surface area contributed by atoms with E-state index in [0.29, 0.717) is 5.16 Å². The van der Waals surface area contributed by atoms with Gasteiger partial charge in [0.25, 0.3) is 0 Å². The van der Waals surface area contributed by atoms with Crippen LogP contribution < -0.4 is 10.1 Å². The Labute approximate surface area is 163 Å². The van der Waals surface area contributed by atoms with Gasteiger partial charge in [-0.1, -0.05) is 30.0 Å². The number of para-hydroxylation sites is 1. The zero-order chi connectivity index (χ0) is 19.4. The van der Waals surface area contributed by atoms with Crippen LogP contribution in [-0.4, -0.2) is 33.5 Å². The van der Waals surface area contributed by atoms with Crippen LogP contribution >= 0.6 is 11.8 Å². The molecule has 0 aliphatic carbocycles. The summed E-state index contributed by atoms with van der Waals surface area (Å²) < 4.78 is 7.07. The number of hydrogen-bond donors (Lipinski definition) is 1. The molecule has 0 aliphatic rings. The summed E-state index contributed by atoms with van der Waals surface area (Å²) in [5.41, 5.74) is 3.92. The van der Waals surface area contributed by atoms with E-state index in [1.54, 1.807) is 7.11 Å². The van der Waals surface area contributed by atoms with Crippen LogP contribution in [0, 0.1) is 13.8 Å². The highest BCUT2D eigenvalue weighted by Crippen LogP contribution is 2.25. The number of aryl methyl sites for hydroxylation is 2. The first-order valence-corrected chi connectivity index (χ1v) is 9.51. The maximum absolute atomic E-state index is 12.3. The minimum absolute atomic E-state index is 0.0635. The van der Waals surface area contributed by atoms with Crippen molar-refractivity contribution in [2.45, 2.75) is 19.0 Å². The smallest absolute Gasteiger partial charge is 0.234 e. The molecule has 0 saturated carbocycles. The molecule has 0 unspecified atom stereocenters. The monoisotopic (exact) mass is 382 g/mol. The highest BCUT2D eigenvalue weighted by atomic mass is 32.2. The number of anilines is 1. The van der Waals surface area contributed by atoms with Gasteiger partial charge in [-0.25, -0.2) is 0 Å². The van der Waals surface area contributed by atoms with Gasteiger partial charge in [-0.15, -0.1) is 10.2 Å². The summed E-state index contributed by atoms with van der Waals surface area (Å²) in [4.78, 5) is 12.3. The van der Waals surface area contributed by atoms with Crippen LogP contribution in [0.25, 0.3) is 11.4 Å². The summed E-state index contributed by atoms with van der Waals surface area (Å²) in [5.74, 6) is 1.74. The zero-order valence-electron chi connectivity index (χ0n) is 15.8. The van der Waals surface area contributed by atoms with E-state index in [0.717, 1.165) is 34.0 Å². The molecule has 2 aromatic carbocycles. The number of carbonyl (C=O) groups is 1. The topological polar surface area (TPSA) is 69.0 Å². The van der Waals surface area contributed by atoms with Crippen molar-refractivity contribution in [1.82, 2.24) is 14.8 Å². The van der Waals surface area contributed by atoms with Crippen molar-refractivity contribution in [3.63, 3.8) is 0 Å². The third-order valence-corrected chi connectivity index (χ3v) is 5.28. The predicted molar refractivity (Wildman–Crippen MR) is 108 cm³/mol. The van der Waals surface area contributed by atoms with Crippen LogP contribution in [0.3, 0.4) is 0 Å². The first kappa shape index (κ1) is 19.0. The second-order valence-corrected chi connectivity index (χ2v) is 7.14. The Morgan fingerprint density at radius 2 is 1.78 bits per heavy atom. The first-order valence-electron chi connectivity index (χ1n) is 8.52. The van der Waals surface area contributed by atoms with E-state index in [1.807, 2.05) is 67.9 Å². The largest absolute Gasteiger partial charge is 0.497 e. The fraction of sp³-hybridized carbons (Fsp3) is 0.250. The van der Waals surface area contributed by atoms with Gasteiger partial charge in [0.1, 0.15) is 5.75 Å². The minimum Gasteiger partial charge on any atom is -0.497 e. The molecule has 0 radical (unpaired) electrons. The Balaban J connectivity index is 1.66. The van der Waals surface area contributed by atoms with Crippen molar-refractivity contribution in [2.24, 2.45) is 7.05 Å². The molecule has 3 aromatic rings. The van der Waals surface area contributed by atoms with Crippen LogP contribution in [0.5, 0.6) is 5.75 Å². The van der Waals surface area contributed by atoms with Gasteiger partial charge in [-0.05, 0) is 49.2 Å². The molecule has 1 aromatic heterocycles. The maximum Gasteiger partial charge on any atom is 0.234 e. The quantitative estimate of drug-likeness (QED) is 0.656. The molecule has 1 N–H and O–H groups in total. The highest BCUT2D eigenvalue weighted by Gasteiger charge is 2.14. The van der Waals surface area contributed by atoms with Crippen molar-refractivity contribution in [2.75, 3.05) is 18.2 Å². The molecule has 6 nitrogen and oxygen atoms in total. The van der Waals surface area contributed by atoms with E-state index in [4.69, 9.17) is 4.74 Å². The Morgan fingerprint density at radius 1 is 1.11 bits per heavy atom. The minimum atomic E-state index is -0.0635. The highest BCUT2D eigenvalue weighted by molar-refractivity contribution is 7.99. The van der Waals surface area contributed by atoms with Gasteiger partial charge in [0.2, 0.25) is 5.91 Å². The number of rotatable bonds is 6. The fourth-order valence-electron chi connectivity index (χ4n) is 2.75. The van der Waals surface area contributed by atoms with Crippen molar-refractivity contribution in [1.29, 1.82) is 0 Å². The summed E-state index contributed by atoms with van der Waals surface area (Å²) in [5, 5.41) is 12.1. The molecular weight excluding hydrogens is 360 g/mol. The van der Waals surface area contributed by atoms with Crippen molar-refractivity contribution in [3.05, 3.63) is 53.6 Å². The van der Waals surface area contributed by atoms with Gasteiger partial charge >= 0.3 is 0 Å². The Kier molecular flexibility index (Phi) is 5.81. The van der Waals surface area contributed by atoms with E-state index in [-0.39, 0.29) is 11.7 Å². The number of methoxy groups -OCH3 is 1. The lowest BCUT2D eigenvalue weighted by molar-refractivity contribution is -0.113. The number of ether oxygens (including phenoxy) is 1. The number of aromatic nitrogens is 3. The summed E-state index contributed by atoms with van der Waals surface area (Å²) in [6.07, 6.45) is 0. The summed E-state index contributed by atoms with van der Waals surface area (Å²) in [6.45, 7) is 3.97. The average Bonchev–Trinajstić information content (AvgIpc) is 3.04. The number of amides is 1. The first-order chi connectivity index (χ1) is 13.0.